The van der Waals surface area contributed by atoms with E-state index in [1.165, 1.54) is 31.2 Å². The fourth-order valence-electron chi connectivity index (χ4n) is 3.45. The molecule has 92 valence electrons. The number of nitrogens with one attached hydrogen (secondary N) is 1. The first kappa shape index (κ1) is 11.2. The van der Waals surface area contributed by atoms with Crippen molar-refractivity contribution in [3.05, 3.63) is 35.1 Å². The van der Waals surface area contributed by atoms with E-state index in [4.69, 9.17) is 0 Å². The highest BCUT2D eigenvalue weighted by Crippen LogP contribution is 2.36. The molecule has 0 radical (unpaired) electrons. The van der Waals surface area contributed by atoms with Crippen LogP contribution < -0.4 is 5.32 Å². The zero-order chi connectivity index (χ0) is 11.7. The predicted molar refractivity (Wildman–Crippen MR) is 67.7 cm³/mol. The molecule has 3 rings (SSSR count). The molecule has 0 amide bonds. The molecule has 0 aromatic heterocycles. The maximum Gasteiger partial charge on any atom is 0.126 e. The summed E-state index contributed by atoms with van der Waals surface area (Å²) in [7, 11) is 0. The molecule has 1 heterocycles. The summed E-state index contributed by atoms with van der Waals surface area (Å²) in [6.07, 6.45) is 7.08. The van der Waals surface area contributed by atoms with E-state index in [0.29, 0.717) is 12.0 Å². The Hall–Kier alpha value is -0.890. The summed E-state index contributed by atoms with van der Waals surface area (Å²) in [5.41, 5.74) is 2.27. The van der Waals surface area contributed by atoms with Crippen molar-refractivity contribution < 1.29 is 4.39 Å². The van der Waals surface area contributed by atoms with Crippen LogP contribution in [-0.4, -0.2) is 12.6 Å². The average Bonchev–Trinajstić information content (AvgIpc) is 2.83. The van der Waals surface area contributed by atoms with Gasteiger partial charge in [-0.2, -0.15) is 0 Å². The maximum absolute atomic E-state index is 13.7. The molecule has 1 nitrogen and oxygen atoms in total. The van der Waals surface area contributed by atoms with Crippen LogP contribution in [-0.2, 0) is 6.42 Å². The second-order valence-corrected chi connectivity index (χ2v) is 5.43. The molecule has 2 heteroatoms. The van der Waals surface area contributed by atoms with Gasteiger partial charge in [-0.25, -0.2) is 4.39 Å². The smallest absolute Gasteiger partial charge is 0.126 e. The van der Waals surface area contributed by atoms with Gasteiger partial charge in [0.1, 0.15) is 5.82 Å². The lowest BCUT2D eigenvalue weighted by Crippen LogP contribution is -2.25. The summed E-state index contributed by atoms with van der Waals surface area (Å²) < 4.78 is 13.7. The molecule has 0 spiro atoms. The van der Waals surface area contributed by atoms with Crippen LogP contribution in [0.5, 0.6) is 0 Å². The van der Waals surface area contributed by atoms with Crippen molar-refractivity contribution in [2.45, 2.75) is 50.5 Å². The number of fused-ring (bicyclic) bond motifs is 1. The van der Waals surface area contributed by atoms with Crippen molar-refractivity contribution in [1.82, 2.24) is 5.32 Å². The second kappa shape index (κ2) is 4.77. The van der Waals surface area contributed by atoms with E-state index < -0.39 is 0 Å². The Morgan fingerprint density at radius 1 is 1.24 bits per heavy atom. The van der Waals surface area contributed by atoms with Crippen LogP contribution >= 0.6 is 0 Å². The van der Waals surface area contributed by atoms with Gasteiger partial charge in [0.15, 0.2) is 0 Å². The van der Waals surface area contributed by atoms with E-state index in [9.17, 15) is 4.39 Å². The fourth-order valence-corrected chi connectivity index (χ4v) is 3.45. The van der Waals surface area contributed by atoms with Crippen molar-refractivity contribution in [2.75, 3.05) is 6.54 Å². The number of rotatable bonds is 2. The summed E-state index contributed by atoms with van der Waals surface area (Å²) in [6, 6.07) is 6.27. The van der Waals surface area contributed by atoms with Crippen molar-refractivity contribution in [1.29, 1.82) is 0 Å². The third kappa shape index (κ3) is 2.23. The molecule has 1 aliphatic carbocycles. The third-order valence-electron chi connectivity index (χ3n) is 4.31. The van der Waals surface area contributed by atoms with Gasteiger partial charge in [0.05, 0.1) is 0 Å². The number of benzene rings is 1. The predicted octanol–water partition coefficient (Wildman–Crippen LogP) is 3.39. The highest BCUT2D eigenvalue weighted by atomic mass is 19.1. The van der Waals surface area contributed by atoms with Gasteiger partial charge >= 0.3 is 0 Å². The van der Waals surface area contributed by atoms with E-state index in [2.05, 4.69) is 11.4 Å². The lowest BCUT2D eigenvalue weighted by atomic mass is 9.79. The van der Waals surface area contributed by atoms with Crippen molar-refractivity contribution >= 4 is 0 Å². The minimum absolute atomic E-state index is 0.00609. The van der Waals surface area contributed by atoms with Crippen LogP contribution in [0.3, 0.4) is 0 Å². The normalized spacial score (nSPS) is 28.1. The Labute approximate surface area is 102 Å². The summed E-state index contributed by atoms with van der Waals surface area (Å²) in [6.45, 7) is 1.16. The van der Waals surface area contributed by atoms with E-state index in [1.807, 2.05) is 6.07 Å². The van der Waals surface area contributed by atoms with Gasteiger partial charge in [0.2, 0.25) is 0 Å². The fraction of sp³-hybridized carbons (Fsp3) is 0.600. The molecule has 1 fully saturated rings. The summed E-state index contributed by atoms with van der Waals surface area (Å²) in [5, 5.41) is 3.56. The molecular formula is C15H20FN. The van der Waals surface area contributed by atoms with Crippen LogP contribution in [0.4, 0.5) is 4.39 Å². The number of halogens is 1. The summed E-state index contributed by atoms with van der Waals surface area (Å²) in [4.78, 5) is 0. The van der Waals surface area contributed by atoms with Crippen molar-refractivity contribution in [2.24, 2.45) is 0 Å². The molecule has 2 aliphatic rings. The van der Waals surface area contributed by atoms with E-state index in [1.54, 1.807) is 6.07 Å². The van der Waals surface area contributed by atoms with Gasteiger partial charge < -0.3 is 5.32 Å². The molecule has 1 aromatic carbocycles. The van der Waals surface area contributed by atoms with E-state index in [-0.39, 0.29) is 5.82 Å². The van der Waals surface area contributed by atoms with Gasteiger partial charge in [-0.3, -0.25) is 0 Å². The minimum Gasteiger partial charge on any atom is -0.314 e. The molecule has 0 saturated carbocycles. The lowest BCUT2D eigenvalue weighted by Gasteiger charge is -2.28. The Kier molecular flexibility index (Phi) is 3.15. The molecule has 1 aliphatic heterocycles. The molecular weight excluding hydrogens is 213 g/mol. The average molecular weight is 233 g/mol. The Morgan fingerprint density at radius 2 is 2.18 bits per heavy atom. The van der Waals surface area contributed by atoms with Gasteiger partial charge in [-0.1, -0.05) is 12.1 Å². The van der Waals surface area contributed by atoms with Crippen molar-refractivity contribution in [3.63, 3.8) is 0 Å². The first-order chi connectivity index (χ1) is 8.34. The highest BCUT2D eigenvalue weighted by molar-refractivity contribution is 5.34. The SMILES string of the molecule is Fc1cccc2c1CCCC2CC1CCCN1. The topological polar surface area (TPSA) is 12.0 Å². The van der Waals surface area contributed by atoms with Crippen LogP contribution in [0.15, 0.2) is 18.2 Å². The zero-order valence-electron chi connectivity index (χ0n) is 10.2. The Balaban J connectivity index is 1.81. The lowest BCUT2D eigenvalue weighted by molar-refractivity contribution is 0.438. The number of hydrogen-bond acceptors (Lipinski definition) is 1. The van der Waals surface area contributed by atoms with Gasteiger partial charge in [0.25, 0.3) is 0 Å². The highest BCUT2D eigenvalue weighted by Gasteiger charge is 2.26. The first-order valence-corrected chi connectivity index (χ1v) is 6.85. The van der Waals surface area contributed by atoms with E-state index in [0.717, 1.165) is 24.9 Å². The standard InChI is InChI=1S/C15H20FN/c16-15-8-2-6-13-11(4-1-7-14(13)15)10-12-5-3-9-17-12/h2,6,8,11-12,17H,1,3-5,7,9-10H2. The molecule has 1 N–H and O–H groups in total. The second-order valence-electron chi connectivity index (χ2n) is 5.43. The van der Waals surface area contributed by atoms with Crippen LogP contribution in [0.2, 0.25) is 0 Å². The van der Waals surface area contributed by atoms with E-state index >= 15 is 0 Å². The minimum atomic E-state index is 0.00609. The van der Waals surface area contributed by atoms with Gasteiger partial charge in [-0.05, 0) is 68.2 Å². The van der Waals surface area contributed by atoms with Crippen LogP contribution in [0.25, 0.3) is 0 Å². The molecule has 2 unspecified atom stereocenters. The van der Waals surface area contributed by atoms with Gasteiger partial charge in [-0.15, -0.1) is 0 Å². The van der Waals surface area contributed by atoms with Crippen LogP contribution in [0, 0.1) is 5.82 Å². The largest absolute Gasteiger partial charge is 0.314 e. The molecule has 2 atom stereocenters. The van der Waals surface area contributed by atoms with Crippen LogP contribution in [0.1, 0.15) is 49.1 Å². The first-order valence-electron chi connectivity index (χ1n) is 6.85. The zero-order valence-corrected chi connectivity index (χ0v) is 10.2. The van der Waals surface area contributed by atoms with Crippen molar-refractivity contribution in [3.8, 4) is 0 Å². The summed E-state index contributed by atoms with van der Waals surface area (Å²) in [5.74, 6) is 0.580. The molecule has 1 aromatic rings. The molecule has 0 bridgehead atoms. The quantitative estimate of drug-likeness (QED) is 0.825. The molecule has 1 saturated heterocycles. The third-order valence-corrected chi connectivity index (χ3v) is 4.31. The maximum atomic E-state index is 13.7. The Bertz CT molecular complexity index is 396. The monoisotopic (exact) mass is 233 g/mol. The number of hydrogen-bond donors (Lipinski definition) is 1. The summed E-state index contributed by atoms with van der Waals surface area (Å²) >= 11 is 0. The Morgan fingerprint density at radius 3 is 3.00 bits per heavy atom. The van der Waals surface area contributed by atoms with Gasteiger partial charge in [0, 0.05) is 6.04 Å². The molecule has 17 heavy (non-hydrogen) atoms.